The number of hydrogen-bond donors (Lipinski definition) is 1. The molecule has 0 aromatic carbocycles. The van der Waals surface area contributed by atoms with E-state index in [2.05, 4.69) is 10.1 Å². The second-order valence-electron chi connectivity index (χ2n) is 4.63. The lowest BCUT2D eigenvalue weighted by atomic mass is 10.2. The molecule has 0 saturated heterocycles. The van der Waals surface area contributed by atoms with Crippen molar-refractivity contribution in [2.24, 2.45) is 7.05 Å². The maximum Gasteiger partial charge on any atom is 0.418 e. The number of hydrogen-bond acceptors (Lipinski definition) is 5. The molecule has 0 bridgehead atoms. The van der Waals surface area contributed by atoms with Crippen LogP contribution in [0.5, 0.6) is 0 Å². The van der Waals surface area contributed by atoms with Gasteiger partial charge in [-0.15, -0.1) is 0 Å². The normalized spacial score (nSPS) is 11.0. The highest BCUT2D eigenvalue weighted by atomic mass is 16.5. The summed E-state index contributed by atoms with van der Waals surface area (Å²) in [6, 6.07) is 3.53. The van der Waals surface area contributed by atoms with Crippen molar-refractivity contribution in [1.29, 1.82) is 0 Å². The monoisotopic (exact) mass is 285 g/mol. The lowest BCUT2D eigenvalue weighted by molar-refractivity contribution is 0.155. The predicted octanol–water partition coefficient (Wildman–Crippen LogP) is 2.02. The Hall–Kier alpha value is -2.83. The molecule has 0 aliphatic heterocycles. The predicted molar refractivity (Wildman–Crippen MR) is 78.8 cm³/mol. The molecule has 0 spiro atoms. The van der Waals surface area contributed by atoms with Gasteiger partial charge in [-0.05, 0) is 13.0 Å². The third-order valence-electron chi connectivity index (χ3n) is 3.16. The number of carbonyl (C=O) groups excluding carboxylic acids is 1. The maximum absolute atomic E-state index is 12.3. The molecule has 3 aromatic rings. The van der Waals surface area contributed by atoms with Gasteiger partial charge >= 0.3 is 6.09 Å². The molecule has 0 saturated carbocycles. The Kier molecular flexibility index (Phi) is 3.09. The van der Waals surface area contributed by atoms with Gasteiger partial charge in [-0.1, -0.05) is 0 Å². The van der Waals surface area contributed by atoms with E-state index in [0.717, 1.165) is 10.9 Å². The Morgan fingerprint density at radius 3 is 2.86 bits per heavy atom. The van der Waals surface area contributed by atoms with Crippen molar-refractivity contribution >= 4 is 22.8 Å². The van der Waals surface area contributed by atoms with Crippen LogP contribution in [0.15, 0.2) is 30.7 Å². The molecule has 108 valence electrons. The van der Waals surface area contributed by atoms with E-state index in [1.807, 2.05) is 19.3 Å². The molecule has 7 heteroatoms. The van der Waals surface area contributed by atoms with E-state index in [4.69, 9.17) is 10.5 Å². The molecule has 0 aliphatic rings. The second kappa shape index (κ2) is 4.93. The van der Waals surface area contributed by atoms with Crippen LogP contribution in [0.25, 0.3) is 22.2 Å². The van der Waals surface area contributed by atoms with Crippen molar-refractivity contribution in [1.82, 2.24) is 19.3 Å². The first-order chi connectivity index (χ1) is 10.1. The molecule has 7 nitrogen and oxygen atoms in total. The highest BCUT2D eigenvalue weighted by Gasteiger charge is 2.18. The Labute approximate surface area is 120 Å². The molecule has 0 fully saturated rings. The van der Waals surface area contributed by atoms with Gasteiger partial charge in [0.1, 0.15) is 5.82 Å². The van der Waals surface area contributed by atoms with Crippen molar-refractivity contribution in [2.45, 2.75) is 6.92 Å². The topological polar surface area (TPSA) is 88.0 Å². The van der Waals surface area contributed by atoms with Crippen LogP contribution < -0.4 is 5.73 Å². The van der Waals surface area contributed by atoms with Crippen molar-refractivity contribution in [3.05, 3.63) is 30.7 Å². The molecule has 0 unspecified atom stereocenters. The molecule has 21 heavy (non-hydrogen) atoms. The smallest absolute Gasteiger partial charge is 0.418 e. The van der Waals surface area contributed by atoms with Gasteiger partial charge < -0.3 is 10.5 Å². The SMILES string of the molecule is CCOC(=O)n1c(-c2cnn(C)c2)cc2cnc(N)cc21. The van der Waals surface area contributed by atoms with Crippen molar-refractivity contribution in [3.63, 3.8) is 0 Å². The minimum absolute atomic E-state index is 0.297. The standard InChI is InChI=1S/C14H15N5O2/c1-3-21-14(20)19-11(10-7-17-18(2)8-10)4-9-6-16-13(15)5-12(9)19/h4-8H,3H2,1-2H3,(H2,15,16). The molecule has 3 rings (SSSR count). The van der Waals surface area contributed by atoms with Crippen molar-refractivity contribution in [3.8, 4) is 11.3 Å². The fourth-order valence-corrected chi connectivity index (χ4v) is 2.27. The quantitative estimate of drug-likeness (QED) is 0.778. The fraction of sp³-hybridized carbons (Fsp3) is 0.214. The lowest BCUT2D eigenvalue weighted by Gasteiger charge is -2.08. The van der Waals surface area contributed by atoms with Crippen LogP contribution in [0.1, 0.15) is 6.92 Å². The maximum atomic E-state index is 12.3. The summed E-state index contributed by atoms with van der Waals surface area (Å²) in [5, 5.41) is 4.95. The number of nitrogens with two attached hydrogens (primary N) is 1. The van der Waals surface area contributed by atoms with Crippen LogP contribution in [0.2, 0.25) is 0 Å². The van der Waals surface area contributed by atoms with E-state index >= 15 is 0 Å². The number of ether oxygens (including phenoxy) is 1. The van der Waals surface area contributed by atoms with Gasteiger partial charge in [0.25, 0.3) is 0 Å². The van der Waals surface area contributed by atoms with Crippen molar-refractivity contribution < 1.29 is 9.53 Å². The number of carbonyl (C=O) groups is 1. The summed E-state index contributed by atoms with van der Waals surface area (Å²) in [6.45, 7) is 2.06. The summed E-state index contributed by atoms with van der Waals surface area (Å²) < 4.78 is 8.31. The molecule has 0 radical (unpaired) electrons. The van der Waals surface area contributed by atoms with Gasteiger partial charge in [0.05, 0.1) is 24.0 Å². The molecule has 2 N–H and O–H groups in total. The van der Waals surface area contributed by atoms with Crippen LogP contribution in [0.3, 0.4) is 0 Å². The fourth-order valence-electron chi connectivity index (χ4n) is 2.27. The van der Waals surface area contributed by atoms with E-state index in [0.29, 0.717) is 23.6 Å². The van der Waals surface area contributed by atoms with E-state index in [1.165, 1.54) is 4.57 Å². The molecular formula is C14H15N5O2. The average Bonchev–Trinajstić information content (AvgIpc) is 3.02. The minimum atomic E-state index is -0.447. The van der Waals surface area contributed by atoms with Gasteiger partial charge in [0.15, 0.2) is 0 Å². The number of aryl methyl sites for hydroxylation is 1. The van der Waals surface area contributed by atoms with Gasteiger partial charge in [-0.25, -0.2) is 14.3 Å². The number of fused-ring (bicyclic) bond motifs is 1. The third kappa shape index (κ3) is 2.22. The zero-order valence-corrected chi connectivity index (χ0v) is 11.8. The minimum Gasteiger partial charge on any atom is -0.449 e. The number of anilines is 1. The first-order valence-electron chi connectivity index (χ1n) is 6.53. The molecule has 0 amide bonds. The van der Waals surface area contributed by atoms with Crippen LogP contribution in [-0.2, 0) is 11.8 Å². The van der Waals surface area contributed by atoms with Gasteiger partial charge in [0, 0.05) is 36.5 Å². The van der Waals surface area contributed by atoms with Crippen LogP contribution in [0.4, 0.5) is 10.6 Å². The first-order valence-corrected chi connectivity index (χ1v) is 6.53. The number of pyridine rings is 1. The number of nitrogen functional groups attached to an aromatic ring is 1. The van der Waals surface area contributed by atoms with Crippen LogP contribution in [0, 0.1) is 0 Å². The Balaban J connectivity index is 2.27. The Morgan fingerprint density at radius 2 is 2.19 bits per heavy atom. The average molecular weight is 285 g/mol. The first kappa shape index (κ1) is 13.2. The zero-order valence-electron chi connectivity index (χ0n) is 11.8. The number of nitrogens with zero attached hydrogens (tertiary/aromatic N) is 4. The molecule has 0 aliphatic carbocycles. The zero-order chi connectivity index (χ0) is 15.0. The summed E-state index contributed by atoms with van der Waals surface area (Å²) in [5.41, 5.74) is 7.91. The highest BCUT2D eigenvalue weighted by Crippen LogP contribution is 2.28. The highest BCUT2D eigenvalue weighted by molar-refractivity contribution is 5.96. The van der Waals surface area contributed by atoms with Crippen LogP contribution in [-0.4, -0.2) is 32.0 Å². The molecule has 3 heterocycles. The summed E-state index contributed by atoms with van der Waals surface area (Å²) in [6.07, 6.45) is 4.72. The van der Waals surface area contributed by atoms with E-state index in [9.17, 15) is 4.79 Å². The summed E-state index contributed by atoms with van der Waals surface area (Å²) in [5.74, 6) is 0.351. The number of rotatable bonds is 2. The van der Waals surface area contributed by atoms with E-state index in [1.54, 1.807) is 30.1 Å². The lowest BCUT2D eigenvalue weighted by Crippen LogP contribution is -2.14. The second-order valence-corrected chi connectivity index (χ2v) is 4.63. The summed E-state index contributed by atoms with van der Waals surface area (Å²) in [7, 11) is 1.82. The van der Waals surface area contributed by atoms with Gasteiger partial charge in [-0.2, -0.15) is 5.10 Å². The van der Waals surface area contributed by atoms with E-state index in [-0.39, 0.29) is 0 Å². The molecule has 0 atom stereocenters. The molecule has 3 aromatic heterocycles. The molecular weight excluding hydrogens is 270 g/mol. The van der Waals surface area contributed by atoms with Gasteiger partial charge in [0.2, 0.25) is 0 Å². The van der Waals surface area contributed by atoms with Crippen LogP contribution >= 0.6 is 0 Å². The van der Waals surface area contributed by atoms with Crippen molar-refractivity contribution in [2.75, 3.05) is 12.3 Å². The van der Waals surface area contributed by atoms with Gasteiger partial charge in [-0.3, -0.25) is 4.68 Å². The van der Waals surface area contributed by atoms with E-state index < -0.39 is 6.09 Å². The largest absolute Gasteiger partial charge is 0.449 e. The third-order valence-corrected chi connectivity index (χ3v) is 3.16. The summed E-state index contributed by atoms with van der Waals surface area (Å²) >= 11 is 0. The Bertz CT molecular complexity index is 818. The number of aromatic nitrogens is 4. The summed E-state index contributed by atoms with van der Waals surface area (Å²) in [4.78, 5) is 16.3. The Morgan fingerprint density at radius 1 is 1.38 bits per heavy atom.